The number of nitrogens with two attached hydrogens (primary N) is 1. The Morgan fingerprint density at radius 1 is 1.21 bits per heavy atom. The van der Waals surface area contributed by atoms with Crippen LogP contribution in [0.15, 0.2) is 48.5 Å². The highest BCUT2D eigenvalue weighted by atomic mass is 35.5. The standard InChI is InChI=1S/C21H27N3O2.2ClH/c1-15(22)16-7-6-12-24(14-16)21(25)19-10-3-4-11-20(19)23-17-8-5-9-18(13-17)26-2;;/h3-5,8-11,13,15-16,23H,6-7,12,14,22H2,1-2H3;2*1H. The molecule has 1 heterocycles. The van der Waals surface area contributed by atoms with Gasteiger partial charge in [-0.3, -0.25) is 4.79 Å². The summed E-state index contributed by atoms with van der Waals surface area (Å²) >= 11 is 0. The van der Waals surface area contributed by atoms with Crippen LogP contribution in [-0.2, 0) is 0 Å². The predicted molar refractivity (Wildman–Crippen MR) is 119 cm³/mol. The van der Waals surface area contributed by atoms with Gasteiger partial charge in [-0.25, -0.2) is 0 Å². The number of piperidine rings is 1. The van der Waals surface area contributed by atoms with E-state index in [2.05, 4.69) is 5.32 Å². The number of carbonyl (C=O) groups is 1. The van der Waals surface area contributed by atoms with Crippen LogP contribution in [0.3, 0.4) is 0 Å². The van der Waals surface area contributed by atoms with Crippen LogP contribution in [0.25, 0.3) is 0 Å². The zero-order valence-corrected chi connectivity index (χ0v) is 17.9. The van der Waals surface area contributed by atoms with Crippen LogP contribution in [0, 0.1) is 5.92 Å². The van der Waals surface area contributed by atoms with Gasteiger partial charge in [0.05, 0.1) is 18.4 Å². The normalized spacial score (nSPS) is 17.0. The Kier molecular flexibility index (Phi) is 9.59. The molecule has 154 valence electrons. The second kappa shape index (κ2) is 11.1. The van der Waals surface area contributed by atoms with Gasteiger partial charge in [0.15, 0.2) is 0 Å². The first kappa shape index (κ1) is 24.1. The number of carbonyl (C=O) groups excluding carboxylic acids is 1. The number of para-hydroxylation sites is 1. The summed E-state index contributed by atoms with van der Waals surface area (Å²) in [6.07, 6.45) is 2.09. The van der Waals surface area contributed by atoms with Crippen molar-refractivity contribution in [3.8, 4) is 5.75 Å². The fourth-order valence-corrected chi connectivity index (χ4v) is 3.43. The van der Waals surface area contributed by atoms with Gasteiger partial charge < -0.3 is 20.7 Å². The molecule has 1 fully saturated rings. The molecule has 3 N–H and O–H groups in total. The Bertz CT molecular complexity index is 771. The van der Waals surface area contributed by atoms with Crippen molar-refractivity contribution >= 4 is 42.1 Å². The zero-order chi connectivity index (χ0) is 18.5. The number of benzene rings is 2. The molecule has 7 heteroatoms. The maximum Gasteiger partial charge on any atom is 0.255 e. The fraction of sp³-hybridized carbons (Fsp3) is 0.381. The highest BCUT2D eigenvalue weighted by molar-refractivity contribution is 6.00. The number of methoxy groups -OCH3 is 1. The third kappa shape index (κ3) is 5.77. The van der Waals surface area contributed by atoms with Gasteiger partial charge in [-0.05, 0) is 49.9 Å². The van der Waals surface area contributed by atoms with Crippen LogP contribution < -0.4 is 15.8 Å². The Morgan fingerprint density at radius 2 is 1.96 bits per heavy atom. The lowest BCUT2D eigenvalue weighted by Crippen LogP contribution is -2.45. The van der Waals surface area contributed by atoms with Gasteiger partial charge in [0.2, 0.25) is 0 Å². The molecular formula is C21H29Cl2N3O2. The average molecular weight is 426 g/mol. The summed E-state index contributed by atoms with van der Waals surface area (Å²) in [6, 6.07) is 15.4. The lowest BCUT2D eigenvalue weighted by Gasteiger charge is -2.35. The molecule has 2 atom stereocenters. The van der Waals surface area contributed by atoms with Crippen molar-refractivity contribution in [2.45, 2.75) is 25.8 Å². The van der Waals surface area contributed by atoms with E-state index in [0.29, 0.717) is 11.5 Å². The first-order valence-electron chi connectivity index (χ1n) is 9.13. The van der Waals surface area contributed by atoms with Gasteiger partial charge in [-0.15, -0.1) is 24.8 Å². The summed E-state index contributed by atoms with van der Waals surface area (Å²) < 4.78 is 5.27. The van der Waals surface area contributed by atoms with Crippen molar-refractivity contribution in [1.29, 1.82) is 0 Å². The predicted octanol–water partition coefficient (Wildman–Crippen LogP) is 4.48. The molecule has 2 aromatic carbocycles. The second-order valence-corrected chi connectivity index (χ2v) is 6.92. The van der Waals surface area contributed by atoms with E-state index in [4.69, 9.17) is 10.5 Å². The number of hydrogen-bond donors (Lipinski definition) is 2. The molecule has 28 heavy (non-hydrogen) atoms. The van der Waals surface area contributed by atoms with Gasteiger partial charge in [-0.1, -0.05) is 18.2 Å². The van der Waals surface area contributed by atoms with Crippen molar-refractivity contribution in [3.63, 3.8) is 0 Å². The second-order valence-electron chi connectivity index (χ2n) is 6.92. The zero-order valence-electron chi connectivity index (χ0n) is 16.3. The van der Waals surface area contributed by atoms with E-state index < -0.39 is 0 Å². The van der Waals surface area contributed by atoms with Crippen molar-refractivity contribution in [3.05, 3.63) is 54.1 Å². The minimum Gasteiger partial charge on any atom is -0.497 e. The van der Waals surface area contributed by atoms with Crippen LogP contribution in [-0.4, -0.2) is 37.0 Å². The molecule has 1 amide bonds. The molecule has 0 saturated carbocycles. The number of ether oxygens (including phenoxy) is 1. The molecule has 2 aromatic rings. The summed E-state index contributed by atoms with van der Waals surface area (Å²) in [6.45, 7) is 3.54. The molecule has 0 aliphatic carbocycles. The summed E-state index contributed by atoms with van der Waals surface area (Å²) in [5.41, 5.74) is 8.43. The molecule has 1 aliphatic rings. The summed E-state index contributed by atoms with van der Waals surface area (Å²) in [5.74, 6) is 1.20. The molecule has 0 aromatic heterocycles. The van der Waals surface area contributed by atoms with E-state index in [1.807, 2.05) is 60.4 Å². The Morgan fingerprint density at radius 3 is 2.68 bits per heavy atom. The van der Waals surface area contributed by atoms with Gasteiger partial charge in [0.1, 0.15) is 5.75 Å². The number of amides is 1. The quantitative estimate of drug-likeness (QED) is 0.740. The van der Waals surface area contributed by atoms with Crippen LogP contribution in [0.5, 0.6) is 5.75 Å². The molecule has 0 bridgehead atoms. The molecular weight excluding hydrogens is 397 g/mol. The highest BCUT2D eigenvalue weighted by Crippen LogP contribution is 2.27. The van der Waals surface area contributed by atoms with Crippen LogP contribution in [0.4, 0.5) is 11.4 Å². The average Bonchev–Trinajstić information content (AvgIpc) is 2.68. The number of likely N-dealkylation sites (tertiary alicyclic amines) is 1. The maximum absolute atomic E-state index is 13.1. The third-order valence-corrected chi connectivity index (χ3v) is 4.99. The van der Waals surface area contributed by atoms with E-state index in [1.165, 1.54) is 0 Å². The smallest absolute Gasteiger partial charge is 0.255 e. The van der Waals surface area contributed by atoms with E-state index >= 15 is 0 Å². The fourth-order valence-electron chi connectivity index (χ4n) is 3.43. The number of anilines is 2. The van der Waals surface area contributed by atoms with Crippen molar-refractivity contribution in [2.24, 2.45) is 11.7 Å². The minimum absolute atomic E-state index is 0. The summed E-state index contributed by atoms with van der Waals surface area (Å²) in [5, 5.41) is 3.35. The first-order valence-corrected chi connectivity index (χ1v) is 9.13. The van der Waals surface area contributed by atoms with Gasteiger partial charge in [-0.2, -0.15) is 0 Å². The minimum atomic E-state index is 0. The van der Waals surface area contributed by atoms with Crippen molar-refractivity contribution in [1.82, 2.24) is 4.90 Å². The van der Waals surface area contributed by atoms with E-state index in [1.54, 1.807) is 7.11 Å². The third-order valence-electron chi connectivity index (χ3n) is 4.99. The largest absolute Gasteiger partial charge is 0.497 e. The lowest BCUT2D eigenvalue weighted by molar-refractivity contribution is 0.0662. The van der Waals surface area contributed by atoms with Gasteiger partial charge in [0.25, 0.3) is 5.91 Å². The monoisotopic (exact) mass is 425 g/mol. The molecule has 1 saturated heterocycles. The topological polar surface area (TPSA) is 67.6 Å². The SMILES string of the molecule is COc1cccc(Nc2ccccc2C(=O)N2CCCC(C(C)N)C2)c1.Cl.Cl. The Hall–Kier alpha value is -1.95. The van der Waals surface area contributed by atoms with Crippen LogP contribution in [0.2, 0.25) is 0 Å². The maximum atomic E-state index is 13.1. The molecule has 5 nitrogen and oxygen atoms in total. The highest BCUT2D eigenvalue weighted by Gasteiger charge is 2.27. The van der Waals surface area contributed by atoms with E-state index in [-0.39, 0.29) is 36.8 Å². The molecule has 0 spiro atoms. The van der Waals surface area contributed by atoms with E-state index in [0.717, 1.165) is 43.1 Å². The Labute approximate surface area is 179 Å². The Balaban J connectivity index is 0.00000196. The number of nitrogens with one attached hydrogen (secondary N) is 1. The summed E-state index contributed by atoms with van der Waals surface area (Å²) in [4.78, 5) is 15.1. The number of halogens is 2. The molecule has 2 unspecified atom stereocenters. The lowest BCUT2D eigenvalue weighted by atomic mass is 9.91. The number of nitrogens with zero attached hydrogens (tertiary/aromatic N) is 1. The number of hydrogen-bond acceptors (Lipinski definition) is 4. The molecule has 0 radical (unpaired) electrons. The molecule has 1 aliphatic heterocycles. The van der Waals surface area contributed by atoms with Crippen molar-refractivity contribution in [2.75, 3.05) is 25.5 Å². The molecule has 3 rings (SSSR count). The summed E-state index contributed by atoms with van der Waals surface area (Å²) in [7, 11) is 1.64. The number of rotatable bonds is 5. The van der Waals surface area contributed by atoms with Crippen molar-refractivity contribution < 1.29 is 9.53 Å². The first-order chi connectivity index (χ1) is 12.6. The van der Waals surface area contributed by atoms with Crippen LogP contribution in [0.1, 0.15) is 30.1 Å². The van der Waals surface area contributed by atoms with Gasteiger partial charge in [0, 0.05) is 30.9 Å². The van der Waals surface area contributed by atoms with Gasteiger partial charge >= 0.3 is 0 Å². The van der Waals surface area contributed by atoms with E-state index in [9.17, 15) is 4.79 Å². The van der Waals surface area contributed by atoms with Crippen LogP contribution >= 0.6 is 24.8 Å².